The molecule has 1 aromatic carbocycles. The topological polar surface area (TPSA) is 26.0 Å². The third kappa shape index (κ3) is 1.95. The minimum atomic E-state index is -0.525. The zero-order valence-electron chi connectivity index (χ0n) is 7.16. The lowest BCUT2D eigenvalue weighted by Crippen LogP contribution is -2.32. The summed E-state index contributed by atoms with van der Waals surface area (Å²) >= 11 is 0. The molecule has 1 heteroatoms. The fourth-order valence-electron chi connectivity index (χ4n) is 1.15. The van der Waals surface area contributed by atoms with E-state index in [1.807, 2.05) is 30.3 Å². The second-order valence-electron chi connectivity index (χ2n) is 3.01. The first kappa shape index (κ1) is 9.01. The van der Waals surface area contributed by atoms with Gasteiger partial charge in [-0.05, 0) is 18.9 Å². The van der Waals surface area contributed by atoms with Gasteiger partial charge in [-0.15, -0.1) is 6.58 Å². The van der Waals surface area contributed by atoms with Crippen LogP contribution in [0.3, 0.4) is 0 Å². The Labute approximate surface area is 73.9 Å². The van der Waals surface area contributed by atoms with E-state index in [1.165, 1.54) is 0 Å². The fourth-order valence-corrected chi connectivity index (χ4v) is 1.15. The first-order valence-corrected chi connectivity index (χ1v) is 3.97. The quantitative estimate of drug-likeness (QED) is 0.674. The Kier molecular flexibility index (Phi) is 2.66. The van der Waals surface area contributed by atoms with Crippen molar-refractivity contribution >= 4 is 0 Å². The standard InChI is InChI=1S/C11H14N/c1-3-9-11(2,12)10-7-5-4-6-8-10/h3-8H,1-2,9,12H2. The average molecular weight is 160 g/mol. The van der Waals surface area contributed by atoms with Gasteiger partial charge < -0.3 is 5.73 Å². The van der Waals surface area contributed by atoms with Crippen molar-refractivity contribution in [2.24, 2.45) is 5.73 Å². The summed E-state index contributed by atoms with van der Waals surface area (Å²) in [7, 11) is 0. The van der Waals surface area contributed by atoms with Crippen molar-refractivity contribution in [3.63, 3.8) is 0 Å². The van der Waals surface area contributed by atoms with Crippen LogP contribution in [0.25, 0.3) is 0 Å². The van der Waals surface area contributed by atoms with Crippen LogP contribution in [0.1, 0.15) is 12.0 Å². The molecule has 0 aliphatic carbocycles. The molecule has 0 aliphatic rings. The van der Waals surface area contributed by atoms with Gasteiger partial charge in [0, 0.05) is 5.54 Å². The molecule has 1 unspecified atom stereocenters. The molecule has 1 nitrogen and oxygen atoms in total. The van der Waals surface area contributed by atoms with Crippen LogP contribution in [0.4, 0.5) is 0 Å². The molecule has 0 fully saturated rings. The normalized spacial score (nSPS) is 15.2. The van der Waals surface area contributed by atoms with Gasteiger partial charge >= 0.3 is 0 Å². The Hall–Kier alpha value is -1.08. The van der Waals surface area contributed by atoms with Gasteiger partial charge in [-0.3, -0.25) is 0 Å². The van der Waals surface area contributed by atoms with Gasteiger partial charge in [-0.2, -0.15) is 0 Å². The van der Waals surface area contributed by atoms with Crippen LogP contribution in [-0.2, 0) is 5.54 Å². The molecular weight excluding hydrogens is 146 g/mol. The monoisotopic (exact) mass is 160 g/mol. The maximum Gasteiger partial charge on any atom is 0.0445 e. The molecule has 1 radical (unpaired) electrons. The first-order chi connectivity index (χ1) is 5.67. The summed E-state index contributed by atoms with van der Waals surface area (Å²) < 4.78 is 0. The molecule has 1 rings (SSSR count). The van der Waals surface area contributed by atoms with E-state index in [-0.39, 0.29) is 0 Å². The van der Waals surface area contributed by atoms with Crippen molar-refractivity contribution in [2.45, 2.75) is 12.0 Å². The molecule has 0 bridgehead atoms. The van der Waals surface area contributed by atoms with E-state index in [0.717, 1.165) is 5.56 Å². The second-order valence-corrected chi connectivity index (χ2v) is 3.01. The zero-order chi connectivity index (χ0) is 9.03. The number of hydrogen-bond acceptors (Lipinski definition) is 1. The maximum atomic E-state index is 5.97. The molecule has 0 amide bonds. The highest BCUT2D eigenvalue weighted by molar-refractivity contribution is 5.25. The minimum absolute atomic E-state index is 0.525. The largest absolute Gasteiger partial charge is 0.321 e. The third-order valence-electron chi connectivity index (χ3n) is 1.86. The van der Waals surface area contributed by atoms with E-state index in [1.54, 1.807) is 6.08 Å². The van der Waals surface area contributed by atoms with Gasteiger partial charge in [0.2, 0.25) is 0 Å². The highest BCUT2D eigenvalue weighted by Gasteiger charge is 2.18. The van der Waals surface area contributed by atoms with Crippen molar-refractivity contribution in [3.8, 4) is 0 Å². The van der Waals surface area contributed by atoms with Crippen LogP contribution in [0.15, 0.2) is 43.0 Å². The minimum Gasteiger partial charge on any atom is -0.321 e. The summed E-state index contributed by atoms with van der Waals surface area (Å²) in [4.78, 5) is 0. The number of rotatable bonds is 3. The average Bonchev–Trinajstić information content (AvgIpc) is 2.06. The lowest BCUT2D eigenvalue weighted by molar-refractivity contribution is 0.566. The summed E-state index contributed by atoms with van der Waals surface area (Å²) in [6, 6.07) is 9.86. The van der Waals surface area contributed by atoms with Gasteiger partial charge in [-0.1, -0.05) is 36.4 Å². The van der Waals surface area contributed by atoms with Crippen molar-refractivity contribution < 1.29 is 0 Å². The van der Waals surface area contributed by atoms with Gasteiger partial charge in [0.15, 0.2) is 0 Å². The van der Waals surface area contributed by atoms with E-state index >= 15 is 0 Å². The molecule has 1 atom stereocenters. The Balaban J connectivity index is 2.89. The fraction of sp³-hybridized carbons (Fsp3) is 0.182. The summed E-state index contributed by atoms with van der Waals surface area (Å²) in [6.07, 6.45) is 2.48. The van der Waals surface area contributed by atoms with Gasteiger partial charge in [0.1, 0.15) is 0 Å². The molecule has 12 heavy (non-hydrogen) atoms. The molecular formula is C11H14N. The van der Waals surface area contributed by atoms with Crippen molar-refractivity contribution in [2.75, 3.05) is 0 Å². The lowest BCUT2D eigenvalue weighted by atomic mass is 9.90. The van der Waals surface area contributed by atoms with Crippen LogP contribution in [0, 0.1) is 6.92 Å². The molecule has 0 aromatic heterocycles. The van der Waals surface area contributed by atoms with Crippen LogP contribution in [0.5, 0.6) is 0 Å². The molecule has 0 heterocycles. The van der Waals surface area contributed by atoms with E-state index in [0.29, 0.717) is 6.42 Å². The Morgan fingerprint density at radius 1 is 1.33 bits per heavy atom. The predicted octanol–water partition coefficient (Wildman–Crippen LogP) is 2.25. The van der Waals surface area contributed by atoms with Gasteiger partial charge in [-0.25, -0.2) is 0 Å². The predicted molar refractivity (Wildman–Crippen MR) is 52.5 cm³/mol. The number of benzene rings is 1. The smallest absolute Gasteiger partial charge is 0.0445 e. The third-order valence-corrected chi connectivity index (χ3v) is 1.86. The first-order valence-electron chi connectivity index (χ1n) is 3.97. The van der Waals surface area contributed by atoms with Crippen LogP contribution in [0.2, 0.25) is 0 Å². The molecule has 2 N–H and O–H groups in total. The molecule has 0 spiro atoms. The van der Waals surface area contributed by atoms with Crippen LogP contribution < -0.4 is 5.73 Å². The van der Waals surface area contributed by atoms with Gasteiger partial charge in [0.05, 0.1) is 0 Å². The molecule has 0 saturated heterocycles. The number of nitrogens with two attached hydrogens (primary N) is 1. The summed E-state index contributed by atoms with van der Waals surface area (Å²) in [5.41, 5.74) is 6.49. The van der Waals surface area contributed by atoms with Crippen LogP contribution in [-0.4, -0.2) is 0 Å². The summed E-state index contributed by atoms with van der Waals surface area (Å²) in [5, 5.41) is 0. The molecule has 63 valence electrons. The zero-order valence-corrected chi connectivity index (χ0v) is 7.16. The molecule has 1 aromatic rings. The molecule has 0 saturated carbocycles. The maximum absolute atomic E-state index is 5.97. The van der Waals surface area contributed by atoms with E-state index < -0.39 is 5.54 Å². The highest BCUT2D eigenvalue weighted by atomic mass is 14.7. The van der Waals surface area contributed by atoms with E-state index in [2.05, 4.69) is 13.5 Å². The van der Waals surface area contributed by atoms with Crippen molar-refractivity contribution in [1.29, 1.82) is 0 Å². The van der Waals surface area contributed by atoms with E-state index in [4.69, 9.17) is 5.73 Å². The van der Waals surface area contributed by atoms with Crippen molar-refractivity contribution in [1.82, 2.24) is 0 Å². The van der Waals surface area contributed by atoms with Gasteiger partial charge in [0.25, 0.3) is 0 Å². The second kappa shape index (κ2) is 3.55. The molecule has 0 aliphatic heterocycles. The summed E-state index contributed by atoms with van der Waals surface area (Å²) in [5.74, 6) is 0. The highest BCUT2D eigenvalue weighted by Crippen LogP contribution is 2.20. The Bertz CT molecular complexity index is 249. The summed E-state index contributed by atoms with van der Waals surface area (Å²) in [6.45, 7) is 7.59. The van der Waals surface area contributed by atoms with Crippen LogP contribution >= 0.6 is 0 Å². The SMILES string of the molecule is [CH2]C(N)(CC=C)c1ccccc1. The number of hydrogen-bond donors (Lipinski definition) is 1. The van der Waals surface area contributed by atoms with E-state index in [9.17, 15) is 0 Å². The Morgan fingerprint density at radius 3 is 2.42 bits per heavy atom. The lowest BCUT2D eigenvalue weighted by Gasteiger charge is -2.22. The Morgan fingerprint density at radius 2 is 1.92 bits per heavy atom. The van der Waals surface area contributed by atoms with Crippen molar-refractivity contribution in [3.05, 3.63) is 55.5 Å².